The van der Waals surface area contributed by atoms with Gasteiger partial charge in [0.25, 0.3) is 0 Å². The van der Waals surface area contributed by atoms with Crippen LogP contribution < -0.4 is 0 Å². The Morgan fingerprint density at radius 3 is 2.43 bits per heavy atom. The van der Waals surface area contributed by atoms with Crippen LogP contribution in [0.5, 0.6) is 0 Å². The van der Waals surface area contributed by atoms with E-state index in [1.807, 2.05) is 0 Å². The number of carbonyl (C=O) groups excluding carboxylic acids is 1. The monoisotopic (exact) mass is 232 g/mol. The van der Waals surface area contributed by atoms with Crippen molar-refractivity contribution in [2.24, 2.45) is 0 Å². The van der Waals surface area contributed by atoms with E-state index in [2.05, 4.69) is 0 Å². The first-order valence-electron chi connectivity index (χ1n) is 4.24. The number of rotatable bonds is 1. The summed E-state index contributed by atoms with van der Waals surface area (Å²) in [5.41, 5.74) is 0.688. The van der Waals surface area contributed by atoms with Gasteiger partial charge in [-0.25, -0.2) is 4.39 Å². The second kappa shape index (κ2) is 3.52. The average Bonchev–Trinajstić information content (AvgIpc) is 2.07. The van der Waals surface area contributed by atoms with Crippen LogP contribution in [0.2, 0.25) is 10.0 Å². The molecule has 1 saturated carbocycles. The summed E-state index contributed by atoms with van der Waals surface area (Å²) in [6.07, 6.45) is 0.918. The molecule has 14 heavy (non-hydrogen) atoms. The van der Waals surface area contributed by atoms with Gasteiger partial charge in [0.05, 0.1) is 5.02 Å². The van der Waals surface area contributed by atoms with Crippen molar-refractivity contribution in [3.63, 3.8) is 0 Å². The first-order valence-corrected chi connectivity index (χ1v) is 4.99. The molecule has 1 aliphatic carbocycles. The number of Topliss-reactive ketones (excluding diaryl/α,β-unsaturated/α-hetero) is 1. The van der Waals surface area contributed by atoms with Crippen molar-refractivity contribution >= 4 is 29.0 Å². The molecule has 1 aromatic carbocycles. The molecule has 1 nitrogen and oxygen atoms in total. The summed E-state index contributed by atoms with van der Waals surface area (Å²) in [7, 11) is 0. The minimum absolute atomic E-state index is 0.0180. The molecule has 2 rings (SSSR count). The van der Waals surface area contributed by atoms with Gasteiger partial charge in [-0.3, -0.25) is 4.79 Å². The van der Waals surface area contributed by atoms with Gasteiger partial charge < -0.3 is 0 Å². The smallest absolute Gasteiger partial charge is 0.142 e. The highest BCUT2D eigenvalue weighted by molar-refractivity contribution is 6.35. The fraction of sp³-hybridized carbons (Fsp3) is 0.300. The highest BCUT2D eigenvalue weighted by atomic mass is 35.5. The summed E-state index contributed by atoms with van der Waals surface area (Å²) in [6.45, 7) is 0. The topological polar surface area (TPSA) is 17.1 Å². The predicted molar refractivity (Wildman–Crippen MR) is 53.4 cm³/mol. The molecule has 0 unspecified atom stereocenters. The van der Waals surface area contributed by atoms with Gasteiger partial charge in [-0.05, 0) is 23.6 Å². The van der Waals surface area contributed by atoms with Gasteiger partial charge in [0.1, 0.15) is 11.6 Å². The van der Waals surface area contributed by atoms with Crippen LogP contribution in [0.15, 0.2) is 12.1 Å². The van der Waals surface area contributed by atoms with E-state index in [4.69, 9.17) is 23.2 Å². The van der Waals surface area contributed by atoms with Crippen LogP contribution in [0.25, 0.3) is 0 Å². The van der Waals surface area contributed by atoms with Gasteiger partial charge in [0.15, 0.2) is 0 Å². The number of ketones is 1. The third-order valence-electron chi connectivity index (χ3n) is 2.43. The molecule has 4 heteroatoms. The largest absolute Gasteiger partial charge is 0.300 e. The molecule has 0 aliphatic heterocycles. The Kier molecular flexibility index (Phi) is 2.50. The highest BCUT2D eigenvalue weighted by Gasteiger charge is 2.30. The number of hydrogen-bond donors (Lipinski definition) is 0. The maximum atomic E-state index is 13.1. The van der Waals surface area contributed by atoms with E-state index < -0.39 is 5.82 Å². The molecule has 0 amide bonds. The van der Waals surface area contributed by atoms with Crippen LogP contribution in [0.3, 0.4) is 0 Å². The Morgan fingerprint density at radius 1 is 1.21 bits per heavy atom. The third-order valence-corrected chi connectivity index (χ3v) is 3.04. The summed E-state index contributed by atoms with van der Waals surface area (Å²) in [5.74, 6) is -0.214. The molecule has 0 N–H and O–H groups in total. The molecular formula is C10H7Cl2FO. The lowest BCUT2D eigenvalue weighted by Crippen LogP contribution is -2.21. The van der Waals surface area contributed by atoms with E-state index in [-0.39, 0.29) is 16.7 Å². The molecule has 0 spiro atoms. The summed E-state index contributed by atoms with van der Waals surface area (Å²) in [6, 6.07) is 2.71. The average molecular weight is 233 g/mol. The van der Waals surface area contributed by atoms with E-state index in [1.54, 1.807) is 0 Å². The van der Waals surface area contributed by atoms with Crippen molar-refractivity contribution in [3.05, 3.63) is 33.6 Å². The molecule has 1 aliphatic rings. The summed E-state index contributed by atoms with van der Waals surface area (Å²) in [5, 5.41) is 0.457. The first kappa shape index (κ1) is 9.94. The number of benzene rings is 1. The van der Waals surface area contributed by atoms with Gasteiger partial charge in [0.2, 0.25) is 0 Å². The van der Waals surface area contributed by atoms with Crippen LogP contribution in [0, 0.1) is 5.82 Å². The Bertz CT molecular complexity index is 395. The number of hydrogen-bond acceptors (Lipinski definition) is 1. The van der Waals surface area contributed by atoms with E-state index >= 15 is 0 Å². The summed E-state index contributed by atoms with van der Waals surface area (Å²) >= 11 is 11.4. The molecule has 0 bridgehead atoms. The molecular weight excluding hydrogens is 226 g/mol. The maximum absolute atomic E-state index is 13.1. The second-order valence-electron chi connectivity index (χ2n) is 3.43. The second-order valence-corrected chi connectivity index (χ2v) is 4.25. The zero-order valence-corrected chi connectivity index (χ0v) is 8.70. The third kappa shape index (κ3) is 1.64. The van der Waals surface area contributed by atoms with Gasteiger partial charge >= 0.3 is 0 Å². The lowest BCUT2D eigenvalue weighted by atomic mass is 9.79. The van der Waals surface area contributed by atoms with Crippen molar-refractivity contribution in [2.75, 3.05) is 0 Å². The first-order chi connectivity index (χ1) is 6.58. The number of carbonyl (C=O) groups is 1. The zero-order chi connectivity index (χ0) is 10.3. The minimum atomic E-state index is -0.481. The van der Waals surface area contributed by atoms with E-state index in [0.29, 0.717) is 23.4 Å². The van der Waals surface area contributed by atoms with Crippen molar-refractivity contribution in [2.45, 2.75) is 18.8 Å². The lowest BCUT2D eigenvalue weighted by molar-refractivity contribution is -0.124. The number of halogens is 3. The van der Waals surface area contributed by atoms with E-state index in [0.717, 1.165) is 0 Å². The summed E-state index contributed by atoms with van der Waals surface area (Å²) in [4.78, 5) is 10.8. The standard InChI is InChI=1S/C10H7Cl2FO/c11-8-4-9(12)10(13)3-7(8)5-1-6(14)2-5/h3-5H,1-2H2. The van der Waals surface area contributed by atoms with Crippen molar-refractivity contribution in [1.29, 1.82) is 0 Å². The molecule has 0 aromatic heterocycles. The minimum Gasteiger partial charge on any atom is -0.300 e. The van der Waals surface area contributed by atoms with Crippen molar-refractivity contribution in [3.8, 4) is 0 Å². The van der Waals surface area contributed by atoms with Crippen LogP contribution >= 0.6 is 23.2 Å². The van der Waals surface area contributed by atoms with E-state index in [9.17, 15) is 9.18 Å². The fourth-order valence-electron chi connectivity index (χ4n) is 1.56. The molecule has 0 saturated heterocycles. The van der Waals surface area contributed by atoms with Crippen LogP contribution in [-0.2, 0) is 4.79 Å². The van der Waals surface area contributed by atoms with Crippen LogP contribution in [0.1, 0.15) is 24.3 Å². The van der Waals surface area contributed by atoms with Crippen LogP contribution in [0.4, 0.5) is 4.39 Å². The molecule has 0 atom stereocenters. The SMILES string of the molecule is O=C1CC(c2cc(F)c(Cl)cc2Cl)C1. The van der Waals surface area contributed by atoms with E-state index in [1.165, 1.54) is 12.1 Å². The Hall–Kier alpha value is -0.600. The Balaban J connectivity index is 2.34. The molecule has 0 heterocycles. The summed E-state index contributed by atoms with van der Waals surface area (Å²) < 4.78 is 13.1. The quantitative estimate of drug-likeness (QED) is 0.677. The van der Waals surface area contributed by atoms with Crippen LogP contribution in [-0.4, -0.2) is 5.78 Å². The molecule has 74 valence electrons. The highest BCUT2D eigenvalue weighted by Crippen LogP contribution is 2.39. The van der Waals surface area contributed by atoms with Gasteiger partial charge in [-0.1, -0.05) is 23.2 Å². The van der Waals surface area contributed by atoms with Gasteiger partial charge in [-0.2, -0.15) is 0 Å². The van der Waals surface area contributed by atoms with Crippen molar-refractivity contribution in [1.82, 2.24) is 0 Å². The van der Waals surface area contributed by atoms with Gasteiger partial charge in [0, 0.05) is 17.9 Å². The normalized spacial score (nSPS) is 16.9. The molecule has 0 radical (unpaired) electrons. The van der Waals surface area contributed by atoms with Gasteiger partial charge in [-0.15, -0.1) is 0 Å². The Labute approximate surface area is 90.8 Å². The maximum Gasteiger partial charge on any atom is 0.142 e. The lowest BCUT2D eigenvalue weighted by Gasteiger charge is -2.25. The molecule has 1 aromatic rings. The molecule has 1 fully saturated rings. The van der Waals surface area contributed by atoms with Crippen molar-refractivity contribution < 1.29 is 9.18 Å². The zero-order valence-electron chi connectivity index (χ0n) is 7.19. The fourth-order valence-corrected chi connectivity index (χ4v) is 2.10. The Morgan fingerprint density at radius 2 is 1.86 bits per heavy atom. The predicted octanol–water partition coefficient (Wildman–Crippen LogP) is 3.58.